The third-order valence-corrected chi connectivity index (χ3v) is 3.94. The van der Waals surface area contributed by atoms with Gasteiger partial charge in [-0.1, -0.05) is 54.6 Å². The van der Waals surface area contributed by atoms with Crippen LogP contribution in [0.5, 0.6) is 0 Å². The van der Waals surface area contributed by atoms with Crippen LogP contribution in [0.1, 0.15) is 12.8 Å². The monoisotopic (exact) mass is 254 g/mol. The van der Waals surface area contributed by atoms with Gasteiger partial charge in [0.1, 0.15) is 0 Å². The minimum Gasteiger partial charge on any atom is -0.126 e. The van der Waals surface area contributed by atoms with E-state index < -0.39 is 0 Å². The second kappa shape index (κ2) is 7.07. The molecule has 0 unspecified atom stereocenters. The van der Waals surface area contributed by atoms with Crippen molar-refractivity contribution in [2.24, 2.45) is 0 Å². The summed E-state index contributed by atoms with van der Waals surface area (Å²) in [5, 5.41) is 0. The average molecular weight is 254 g/mol. The van der Waals surface area contributed by atoms with Crippen molar-refractivity contribution >= 4 is 11.8 Å². The largest absolute Gasteiger partial charge is 0.126 e. The quantitative estimate of drug-likeness (QED) is 0.377. The van der Waals surface area contributed by atoms with Crippen LogP contribution in [0.25, 0.3) is 11.1 Å². The molecule has 0 amide bonds. The first kappa shape index (κ1) is 13.0. The first-order valence-electron chi connectivity index (χ1n) is 6.30. The first-order valence-corrected chi connectivity index (χ1v) is 7.28. The highest BCUT2D eigenvalue weighted by atomic mass is 32.2. The predicted molar refractivity (Wildman–Crippen MR) is 82.0 cm³/mol. The predicted octanol–water partition coefficient (Wildman–Crippen LogP) is 5.41. The molecule has 0 N–H and O–H groups in total. The van der Waals surface area contributed by atoms with E-state index >= 15 is 0 Å². The summed E-state index contributed by atoms with van der Waals surface area (Å²) in [6, 6.07) is 19.2. The number of unbranched alkanes of at least 4 members (excludes halogenated alkanes) is 1. The highest BCUT2D eigenvalue weighted by Gasteiger charge is 2.03. The van der Waals surface area contributed by atoms with E-state index in [1.165, 1.54) is 22.4 Å². The SMILES string of the molecule is C=CCCCSc1ccccc1-c1ccccc1. The summed E-state index contributed by atoms with van der Waals surface area (Å²) in [7, 11) is 0. The molecule has 2 aromatic carbocycles. The number of hydrogen-bond donors (Lipinski definition) is 0. The number of allylic oxidation sites excluding steroid dienone is 1. The van der Waals surface area contributed by atoms with Crippen LogP contribution < -0.4 is 0 Å². The van der Waals surface area contributed by atoms with E-state index in [0.717, 1.165) is 12.2 Å². The zero-order valence-corrected chi connectivity index (χ0v) is 11.3. The van der Waals surface area contributed by atoms with E-state index in [1.807, 2.05) is 17.8 Å². The molecule has 0 aromatic heterocycles. The summed E-state index contributed by atoms with van der Waals surface area (Å²) in [5.74, 6) is 1.15. The van der Waals surface area contributed by atoms with Crippen LogP contribution in [0.3, 0.4) is 0 Å². The van der Waals surface area contributed by atoms with Crippen LogP contribution in [-0.4, -0.2) is 5.75 Å². The fraction of sp³-hybridized carbons (Fsp3) is 0.176. The van der Waals surface area contributed by atoms with Crippen molar-refractivity contribution in [1.82, 2.24) is 0 Å². The lowest BCUT2D eigenvalue weighted by Gasteiger charge is -2.08. The molecule has 0 fully saturated rings. The van der Waals surface area contributed by atoms with E-state index in [0.29, 0.717) is 0 Å². The molecule has 0 saturated heterocycles. The van der Waals surface area contributed by atoms with E-state index in [4.69, 9.17) is 0 Å². The summed E-state index contributed by atoms with van der Waals surface area (Å²) in [4.78, 5) is 1.37. The van der Waals surface area contributed by atoms with Gasteiger partial charge in [0, 0.05) is 4.90 Å². The summed E-state index contributed by atoms with van der Waals surface area (Å²) >= 11 is 1.93. The molecule has 0 saturated carbocycles. The van der Waals surface area contributed by atoms with Crippen molar-refractivity contribution in [2.45, 2.75) is 17.7 Å². The second-order valence-corrected chi connectivity index (χ2v) is 5.28. The summed E-state index contributed by atoms with van der Waals surface area (Å²) in [6.07, 6.45) is 4.28. The fourth-order valence-corrected chi connectivity index (χ4v) is 2.91. The zero-order valence-electron chi connectivity index (χ0n) is 10.5. The van der Waals surface area contributed by atoms with Gasteiger partial charge in [-0.3, -0.25) is 0 Å². The van der Waals surface area contributed by atoms with Gasteiger partial charge in [-0.25, -0.2) is 0 Å². The van der Waals surface area contributed by atoms with Crippen LogP contribution in [0.4, 0.5) is 0 Å². The molecule has 2 aromatic rings. The Morgan fingerprint density at radius 1 is 0.944 bits per heavy atom. The van der Waals surface area contributed by atoms with Gasteiger partial charge in [0.15, 0.2) is 0 Å². The molecule has 2 rings (SSSR count). The van der Waals surface area contributed by atoms with Crippen LogP contribution >= 0.6 is 11.8 Å². The van der Waals surface area contributed by atoms with E-state index in [1.54, 1.807) is 0 Å². The molecule has 0 aliphatic rings. The highest BCUT2D eigenvalue weighted by molar-refractivity contribution is 7.99. The summed E-state index contributed by atoms with van der Waals surface area (Å²) in [6.45, 7) is 3.76. The van der Waals surface area contributed by atoms with Gasteiger partial charge in [-0.05, 0) is 35.8 Å². The molecule has 0 aliphatic heterocycles. The Kier molecular flexibility index (Phi) is 5.10. The minimum atomic E-state index is 1.10. The van der Waals surface area contributed by atoms with E-state index in [2.05, 4.69) is 61.2 Å². The number of hydrogen-bond acceptors (Lipinski definition) is 1. The molecule has 0 radical (unpaired) electrons. The first-order chi connectivity index (χ1) is 8.92. The Labute approximate surface area is 114 Å². The number of thioether (sulfide) groups is 1. The average Bonchev–Trinajstić information content (AvgIpc) is 2.45. The third-order valence-electron chi connectivity index (χ3n) is 2.78. The molecular formula is C17H18S. The standard InChI is InChI=1S/C17H18S/c1-2-3-9-14-18-17-13-8-7-12-16(17)15-10-5-4-6-11-15/h2,4-8,10-13H,1,3,9,14H2. The fourth-order valence-electron chi connectivity index (χ4n) is 1.86. The highest BCUT2D eigenvalue weighted by Crippen LogP contribution is 2.31. The van der Waals surface area contributed by atoms with Gasteiger partial charge in [-0.15, -0.1) is 18.3 Å². The van der Waals surface area contributed by atoms with Crippen molar-refractivity contribution in [2.75, 3.05) is 5.75 Å². The van der Waals surface area contributed by atoms with Gasteiger partial charge in [-0.2, -0.15) is 0 Å². The van der Waals surface area contributed by atoms with E-state index in [9.17, 15) is 0 Å². The normalized spacial score (nSPS) is 10.2. The van der Waals surface area contributed by atoms with Crippen molar-refractivity contribution < 1.29 is 0 Å². The van der Waals surface area contributed by atoms with Crippen LogP contribution in [-0.2, 0) is 0 Å². The van der Waals surface area contributed by atoms with E-state index in [-0.39, 0.29) is 0 Å². The smallest absolute Gasteiger partial charge is 0.0150 e. The van der Waals surface area contributed by atoms with Gasteiger partial charge < -0.3 is 0 Å². The van der Waals surface area contributed by atoms with Crippen LogP contribution in [0.15, 0.2) is 72.1 Å². The lowest BCUT2D eigenvalue weighted by atomic mass is 10.1. The molecular weight excluding hydrogens is 236 g/mol. The van der Waals surface area contributed by atoms with Crippen LogP contribution in [0.2, 0.25) is 0 Å². The van der Waals surface area contributed by atoms with Gasteiger partial charge in [0.05, 0.1) is 0 Å². The number of rotatable bonds is 6. The third kappa shape index (κ3) is 3.51. The Balaban J connectivity index is 2.13. The molecule has 0 spiro atoms. The van der Waals surface area contributed by atoms with Crippen molar-refractivity contribution in [3.63, 3.8) is 0 Å². The molecule has 18 heavy (non-hydrogen) atoms. The Hall–Kier alpha value is -1.47. The molecule has 0 nitrogen and oxygen atoms in total. The Bertz CT molecular complexity index is 488. The molecule has 0 atom stereocenters. The summed E-state index contributed by atoms with van der Waals surface area (Å²) < 4.78 is 0. The maximum Gasteiger partial charge on any atom is 0.0150 e. The lowest BCUT2D eigenvalue weighted by Crippen LogP contribution is -1.84. The molecule has 0 aliphatic carbocycles. The maximum absolute atomic E-state index is 3.76. The molecule has 0 heterocycles. The molecule has 1 heteroatoms. The molecule has 92 valence electrons. The summed E-state index contributed by atoms with van der Waals surface area (Å²) in [5.41, 5.74) is 2.63. The van der Waals surface area contributed by atoms with Crippen molar-refractivity contribution in [3.8, 4) is 11.1 Å². The van der Waals surface area contributed by atoms with Gasteiger partial charge >= 0.3 is 0 Å². The molecule has 0 bridgehead atoms. The van der Waals surface area contributed by atoms with Gasteiger partial charge in [0.25, 0.3) is 0 Å². The topological polar surface area (TPSA) is 0 Å². The lowest BCUT2D eigenvalue weighted by molar-refractivity contribution is 0.974. The van der Waals surface area contributed by atoms with Crippen molar-refractivity contribution in [3.05, 3.63) is 67.3 Å². The maximum atomic E-state index is 3.76. The number of benzene rings is 2. The minimum absolute atomic E-state index is 1.10. The van der Waals surface area contributed by atoms with Crippen LogP contribution in [0, 0.1) is 0 Å². The Morgan fingerprint density at radius 3 is 2.44 bits per heavy atom. The van der Waals surface area contributed by atoms with Crippen molar-refractivity contribution in [1.29, 1.82) is 0 Å². The van der Waals surface area contributed by atoms with Gasteiger partial charge in [0.2, 0.25) is 0 Å². The zero-order chi connectivity index (χ0) is 12.6. The second-order valence-electron chi connectivity index (χ2n) is 4.14. The Morgan fingerprint density at radius 2 is 1.67 bits per heavy atom.